The van der Waals surface area contributed by atoms with E-state index < -0.39 is 6.10 Å². The zero-order valence-electron chi connectivity index (χ0n) is 8.15. The Morgan fingerprint density at radius 2 is 2.21 bits per heavy atom. The molecule has 0 bridgehead atoms. The van der Waals surface area contributed by atoms with Crippen molar-refractivity contribution >= 4 is 21.4 Å². The van der Waals surface area contributed by atoms with Crippen LogP contribution in [0.3, 0.4) is 0 Å². The van der Waals surface area contributed by atoms with Gasteiger partial charge >= 0.3 is 0 Å². The molecule has 1 aromatic heterocycles. The van der Waals surface area contributed by atoms with Gasteiger partial charge in [-0.1, -0.05) is 6.07 Å². The summed E-state index contributed by atoms with van der Waals surface area (Å²) in [5.74, 6) is 0.866. The van der Waals surface area contributed by atoms with Gasteiger partial charge in [-0.05, 0) is 25.1 Å². The van der Waals surface area contributed by atoms with E-state index in [1.165, 1.54) is 0 Å². The number of fused-ring (bicyclic) bond motifs is 1. The van der Waals surface area contributed by atoms with Gasteiger partial charge in [0.15, 0.2) is 0 Å². The first-order chi connectivity index (χ1) is 6.72. The first kappa shape index (κ1) is 9.49. The summed E-state index contributed by atoms with van der Waals surface area (Å²) in [5.41, 5.74) is 0. The van der Waals surface area contributed by atoms with Gasteiger partial charge in [0.05, 0.1) is 13.2 Å². The average molecular weight is 208 g/mol. The molecule has 1 aromatic carbocycles. The van der Waals surface area contributed by atoms with Gasteiger partial charge in [-0.25, -0.2) is 0 Å². The van der Waals surface area contributed by atoms with Crippen molar-refractivity contribution in [2.45, 2.75) is 13.0 Å². The van der Waals surface area contributed by atoms with E-state index in [9.17, 15) is 5.11 Å². The molecule has 0 saturated heterocycles. The lowest BCUT2D eigenvalue weighted by Crippen LogP contribution is -1.84. The van der Waals surface area contributed by atoms with Gasteiger partial charge in [0.1, 0.15) is 5.75 Å². The number of aliphatic hydroxyl groups is 1. The van der Waals surface area contributed by atoms with E-state index in [-0.39, 0.29) is 0 Å². The Bertz CT molecular complexity index is 445. The maximum Gasteiger partial charge on any atom is 0.127 e. The van der Waals surface area contributed by atoms with Crippen molar-refractivity contribution < 1.29 is 9.84 Å². The number of thiophene rings is 1. The Labute approximate surface area is 86.8 Å². The largest absolute Gasteiger partial charge is 0.496 e. The quantitative estimate of drug-likeness (QED) is 0.822. The maximum atomic E-state index is 9.46. The van der Waals surface area contributed by atoms with Crippen LogP contribution < -0.4 is 4.74 Å². The predicted molar refractivity (Wildman–Crippen MR) is 59.0 cm³/mol. The lowest BCUT2D eigenvalue weighted by molar-refractivity contribution is 0.203. The van der Waals surface area contributed by atoms with E-state index in [4.69, 9.17) is 4.74 Å². The second-order valence-corrected chi connectivity index (χ2v) is 4.31. The number of aliphatic hydroxyl groups excluding tert-OH is 1. The first-order valence-electron chi connectivity index (χ1n) is 4.47. The number of benzene rings is 1. The lowest BCUT2D eigenvalue weighted by atomic mass is 10.2. The van der Waals surface area contributed by atoms with Crippen molar-refractivity contribution in [2.24, 2.45) is 0 Å². The minimum Gasteiger partial charge on any atom is -0.496 e. The van der Waals surface area contributed by atoms with Gasteiger partial charge < -0.3 is 9.84 Å². The maximum absolute atomic E-state index is 9.46. The summed E-state index contributed by atoms with van der Waals surface area (Å²) >= 11 is 1.60. The number of hydrogen-bond donors (Lipinski definition) is 1. The second-order valence-electron chi connectivity index (χ2n) is 3.20. The van der Waals surface area contributed by atoms with Crippen molar-refractivity contribution in [3.05, 3.63) is 29.1 Å². The SMILES string of the molecule is COc1cccc2sc(C(C)O)cc12. The van der Waals surface area contributed by atoms with Gasteiger partial charge in [-0.3, -0.25) is 0 Å². The Morgan fingerprint density at radius 3 is 2.86 bits per heavy atom. The normalized spacial score (nSPS) is 13.1. The van der Waals surface area contributed by atoms with Crippen LogP contribution in [0.5, 0.6) is 5.75 Å². The number of rotatable bonds is 2. The smallest absolute Gasteiger partial charge is 0.127 e. The minimum absolute atomic E-state index is 0.405. The van der Waals surface area contributed by atoms with E-state index >= 15 is 0 Å². The average Bonchev–Trinajstić information content (AvgIpc) is 2.60. The molecule has 14 heavy (non-hydrogen) atoms. The zero-order chi connectivity index (χ0) is 10.1. The first-order valence-corrected chi connectivity index (χ1v) is 5.28. The van der Waals surface area contributed by atoms with Crippen LogP contribution in [-0.2, 0) is 0 Å². The Morgan fingerprint density at radius 1 is 1.43 bits per heavy atom. The van der Waals surface area contributed by atoms with Crippen LogP contribution in [0.1, 0.15) is 17.9 Å². The van der Waals surface area contributed by atoms with Crippen LogP contribution in [0.15, 0.2) is 24.3 Å². The van der Waals surface area contributed by atoms with Crippen LogP contribution in [0.2, 0.25) is 0 Å². The second kappa shape index (κ2) is 3.59. The molecular formula is C11H12O2S. The molecule has 0 aliphatic carbocycles. The van der Waals surface area contributed by atoms with Crippen LogP contribution in [0.25, 0.3) is 10.1 Å². The molecule has 0 radical (unpaired) electrons. The highest BCUT2D eigenvalue weighted by Gasteiger charge is 2.09. The molecule has 74 valence electrons. The van der Waals surface area contributed by atoms with Crippen molar-refractivity contribution in [2.75, 3.05) is 7.11 Å². The van der Waals surface area contributed by atoms with E-state index in [0.717, 1.165) is 20.7 Å². The molecule has 2 rings (SSSR count). The molecule has 0 aliphatic rings. The minimum atomic E-state index is -0.405. The fourth-order valence-corrected chi connectivity index (χ4v) is 2.46. The van der Waals surface area contributed by atoms with E-state index in [2.05, 4.69) is 0 Å². The highest BCUT2D eigenvalue weighted by atomic mass is 32.1. The summed E-state index contributed by atoms with van der Waals surface area (Å²) < 4.78 is 6.40. The summed E-state index contributed by atoms with van der Waals surface area (Å²) in [5, 5.41) is 10.5. The van der Waals surface area contributed by atoms with Crippen molar-refractivity contribution in [1.29, 1.82) is 0 Å². The van der Waals surface area contributed by atoms with Crippen molar-refractivity contribution in [3.63, 3.8) is 0 Å². The monoisotopic (exact) mass is 208 g/mol. The number of ether oxygens (including phenoxy) is 1. The van der Waals surface area contributed by atoms with E-state index in [0.29, 0.717) is 0 Å². The molecular weight excluding hydrogens is 196 g/mol. The summed E-state index contributed by atoms with van der Waals surface area (Å²) in [4.78, 5) is 0.976. The van der Waals surface area contributed by atoms with Crippen LogP contribution in [0, 0.1) is 0 Å². The Balaban J connectivity index is 2.64. The summed E-state index contributed by atoms with van der Waals surface area (Å²) in [7, 11) is 1.66. The third kappa shape index (κ3) is 1.49. The van der Waals surface area contributed by atoms with Gasteiger partial charge in [0.25, 0.3) is 0 Å². The molecule has 0 aliphatic heterocycles. The summed E-state index contributed by atoms with van der Waals surface area (Å²) in [6.07, 6.45) is -0.405. The molecule has 0 fully saturated rings. The molecule has 1 unspecified atom stereocenters. The summed E-state index contributed by atoms with van der Waals surface area (Å²) in [6.45, 7) is 1.77. The van der Waals surface area contributed by atoms with Crippen LogP contribution in [0.4, 0.5) is 0 Å². The molecule has 0 saturated carbocycles. The standard InChI is InChI=1S/C11H12O2S/c1-7(12)11-6-8-9(13-2)4-3-5-10(8)14-11/h3-7,12H,1-2H3. The van der Waals surface area contributed by atoms with E-state index in [1.807, 2.05) is 24.3 Å². The molecule has 1 N–H and O–H groups in total. The fraction of sp³-hybridized carbons (Fsp3) is 0.273. The Hall–Kier alpha value is -1.06. The number of hydrogen-bond acceptors (Lipinski definition) is 3. The Kier molecular flexibility index (Phi) is 2.44. The third-order valence-electron chi connectivity index (χ3n) is 2.17. The van der Waals surface area contributed by atoms with Gasteiger partial charge in [-0.15, -0.1) is 11.3 Å². The third-order valence-corrected chi connectivity index (χ3v) is 3.44. The predicted octanol–water partition coefficient (Wildman–Crippen LogP) is 2.96. The molecule has 1 atom stereocenters. The fourth-order valence-electron chi connectivity index (χ4n) is 1.44. The molecule has 2 nitrogen and oxygen atoms in total. The zero-order valence-corrected chi connectivity index (χ0v) is 8.97. The van der Waals surface area contributed by atoms with Crippen molar-refractivity contribution in [3.8, 4) is 5.75 Å². The highest BCUT2D eigenvalue weighted by Crippen LogP contribution is 2.34. The molecule has 1 heterocycles. The topological polar surface area (TPSA) is 29.5 Å². The van der Waals surface area contributed by atoms with Crippen LogP contribution >= 0.6 is 11.3 Å². The van der Waals surface area contributed by atoms with Gasteiger partial charge in [0.2, 0.25) is 0 Å². The van der Waals surface area contributed by atoms with Gasteiger partial charge in [-0.2, -0.15) is 0 Å². The van der Waals surface area contributed by atoms with Gasteiger partial charge in [0, 0.05) is 15.0 Å². The number of methoxy groups -OCH3 is 1. The summed E-state index contributed by atoms with van der Waals surface area (Å²) in [6, 6.07) is 7.92. The molecule has 0 spiro atoms. The molecule has 0 amide bonds. The lowest BCUT2D eigenvalue weighted by Gasteiger charge is -1.99. The van der Waals surface area contributed by atoms with E-state index in [1.54, 1.807) is 25.4 Å². The van der Waals surface area contributed by atoms with Crippen molar-refractivity contribution in [1.82, 2.24) is 0 Å². The molecule has 3 heteroatoms. The molecule has 2 aromatic rings. The highest BCUT2D eigenvalue weighted by molar-refractivity contribution is 7.19. The van der Waals surface area contributed by atoms with Crippen LogP contribution in [-0.4, -0.2) is 12.2 Å².